The first-order valence-electron chi connectivity index (χ1n) is 9.79. The third-order valence-corrected chi connectivity index (χ3v) is 6.47. The van der Waals surface area contributed by atoms with Crippen LogP contribution in [-0.2, 0) is 6.42 Å². The van der Waals surface area contributed by atoms with E-state index >= 15 is 4.39 Å². The van der Waals surface area contributed by atoms with Crippen molar-refractivity contribution in [1.82, 2.24) is 9.55 Å². The average molecular weight is 438 g/mol. The Labute approximate surface area is 180 Å². The molecule has 31 heavy (non-hydrogen) atoms. The molecule has 1 atom stereocenters. The molecule has 0 fully saturated rings. The lowest BCUT2D eigenvalue weighted by atomic mass is 9.79. The summed E-state index contributed by atoms with van der Waals surface area (Å²) in [4.78, 5) is 28.4. The highest BCUT2D eigenvalue weighted by molar-refractivity contribution is 7.07. The van der Waals surface area contributed by atoms with Gasteiger partial charge in [-0.15, -0.1) is 11.3 Å². The largest absolute Gasteiger partial charge is 0.477 e. The maximum atomic E-state index is 15.4. The number of aromatic nitrogens is 2. The van der Waals surface area contributed by atoms with Crippen molar-refractivity contribution in [2.45, 2.75) is 33.2 Å². The third kappa shape index (κ3) is 2.85. The van der Waals surface area contributed by atoms with Gasteiger partial charge < -0.3 is 14.1 Å². The van der Waals surface area contributed by atoms with Crippen molar-refractivity contribution in [3.8, 4) is 22.7 Å². The van der Waals surface area contributed by atoms with Gasteiger partial charge in [0, 0.05) is 34.1 Å². The first-order valence-corrected chi connectivity index (χ1v) is 10.7. The summed E-state index contributed by atoms with van der Waals surface area (Å²) in [5.41, 5.74) is 2.61. The van der Waals surface area contributed by atoms with Gasteiger partial charge in [0.15, 0.2) is 11.6 Å². The first-order chi connectivity index (χ1) is 14.7. The molecular formula is C23H19FN2O4S. The van der Waals surface area contributed by atoms with Crippen molar-refractivity contribution in [2.75, 3.05) is 0 Å². The van der Waals surface area contributed by atoms with Crippen LogP contribution in [0.2, 0.25) is 0 Å². The molecule has 1 aliphatic heterocycles. The fourth-order valence-electron chi connectivity index (χ4n) is 4.34. The zero-order valence-electron chi connectivity index (χ0n) is 17.1. The Morgan fingerprint density at radius 1 is 1.35 bits per heavy atom. The molecular weight excluding hydrogens is 419 g/mol. The molecule has 0 spiro atoms. The number of benzene rings is 1. The van der Waals surface area contributed by atoms with Gasteiger partial charge in [-0.3, -0.25) is 4.79 Å². The standard InChI is InChI=1S/C23H19FN2O4S/c1-23(2,3)16-7-13-11-5-4-6-12(15-9-31-10-25-15)20(11)30-21(13)18-17(24)19(27)14(22(28)29)8-26(16)18/h4-6,8-10,16H,7H2,1-3H3,(H,28,29)/t16-/m0/s1. The van der Waals surface area contributed by atoms with E-state index in [2.05, 4.69) is 4.98 Å². The van der Waals surface area contributed by atoms with Crippen LogP contribution in [0.1, 0.15) is 42.7 Å². The van der Waals surface area contributed by atoms with Crippen molar-refractivity contribution in [2.24, 2.45) is 5.41 Å². The molecule has 1 N–H and O–H groups in total. The minimum Gasteiger partial charge on any atom is -0.477 e. The summed E-state index contributed by atoms with van der Waals surface area (Å²) in [6.07, 6.45) is 1.76. The molecule has 6 nitrogen and oxygen atoms in total. The number of fused-ring (bicyclic) bond motifs is 5. The van der Waals surface area contributed by atoms with Gasteiger partial charge in [0.05, 0.1) is 11.2 Å². The van der Waals surface area contributed by atoms with E-state index in [9.17, 15) is 14.7 Å². The number of hydrogen-bond donors (Lipinski definition) is 1. The average Bonchev–Trinajstić information content (AvgIpc) is 3.36. The van der Waals surface area contributed by atoms with Crippen LogP contribution in [-0.4, -0.2) is 20.6 Å². The normalized spacial score (nSPS) is 15.7. The Morgan fingerprint density at radius 2 is 2.13 bits per heavy atom. The van der Waals surface area contributed by atoms with Gasteiger partial charge in [0.1, 0.15) is 16.8 Å². The predicted molar refractivity (Wildman–Crippen MR) is 116 cm³/mol. The number of thiazole rings is 1. The van der Waals surface area contributed by atoms with Crippen LogP contribution in [0, 0.1) is 11.2 Å². The molecule has 4 aromatic rings. The van der Waals surface area contributed by atoms with Gasteiger partial charge in [-0.2, -0.15) is 0 Å². The van der Waals surface area contributed by atoms with E-state index in [4.69, 9.17) is 4.42 Å². The number of aromatic carboxylic acids is 1. The first kappa shape index (κ1) is 19.7. The highest BCUT2D eigenvalue weighted by Gasteiger charge is 2.39. The number of para-hydroxylation sites is 1. The fraction of sp³-hybridized carbons (Fsp3) is 0.261. The molecule has 1 aromatic carbocycles. The lowest BCUT2D eigenvalue weighted by Crippen LogP contribution is -2.34. The van der Waals surface area contributed by atoms with Gasteiger partial charge in [-0.1, -0.05) is 32.9 Å². The Bertz CT molecular complexity index is 1410. The Kier molecular flexibility index (Phi) is 4.20. The molecule has 0 amide bonds. The van der Waals surface area contributed by atoms with Crippen molar-refractivity contribution < 1.29 is 18.7 Å². The van der Waals surface area contributed by atoms with Crippen LogP contribution in [0.4, 0.5) is 4.39 Å². The van der Waals surface area contributed by atoms with Crippen LogP contribution >= 0.6 is 11.3 Å². The number of furan rings is 1. The van der Waals surface area contributed by atoms with Crippen LogP contribution in [0.3, 0.4) is 0 Å². The van der Waals surface area contributed by atoms with Crippen molar-refractivity contribution in [1.29, 1.82) is 0 Å². The van der Waals surface area contributed by atoms with Crippen molar-refractivity contribution in [3.63, 3.8) is 0 Å². The smallest absolute Gasteiger partial charge is 0.341 e. The summed E-state index contributed by atoms with van der Waals surface area (Å²) in [6, 6.07) is 5.45. The number of carbonyl (C=O) groups is 1. The van der Waals surface area contributed by atoms with E-state index < -0.39 is 22.8 Å². The molecule has 0 saturated heterocycles. The molecule has 8 heteroatoms. The van der Waals surface area contributed by atoms with Gasteiger partial charge in [-0.05, 0) is 17.9 Å². The van der Waals surface area contributed by atoms with Gasteiger partial charge >= 0.3 is 5.97 Å². The number of hydrogen-bond acceptors (Lipinski definition) is 5. The van der Waals surface area contributed by atoms with Gasteiger partial charge in [-0.25, -0.2) is 14.2 Å². The van der Waals surface area contributed by atoms with E-state index in [1.807, 2.05) is 44.4 Å². The summed E-state index contributed by atoms with van der Waals surface area (Å²) < 4.78 is 23.1. The Balaban J connectivity index is 1.88. The lowest BCUT2D eigenvalue weighted by molar-refractivity contribution is 0.0692. The SMILES string of the molecule is CC(C)(C)[C@@H]1Cc2c(oc3c(-c4cscn4)cccc23)-c2c(F)c(=O)c(C(=O)O)cn21. The quantitative estimate of drug-likeness (QED) is 0.455. The highest BCUT2D eigenvalue weighted by atomic mass is 32.1. The highest BCUT2D eigenvalue weighted by Crippen LogP contribution is 2.48. The van der Waals surface area contributed by atoms with Crippen molar-refractivity contribution in [3.05, 3.63) is 62.5 Å². The molecule has 0 radical (unpaired) electrons. The molecule has 0 saturated carbocycles. The Morgan fingerprint density at radius 3 is 2.77 bits per heavy atom. The molecule has 5 rings (SSSR count). The molecule has 0 unspecified atom stereocenters. The number of carboxylic acids is 1. The predicted octanol–water partition coefficient (Wildman–Crippen LogP) is 5.37. The molecule has 0 bridgehead atoms. The monoisotopic (exact) mass is 438 g/mol. The summed E-state index contributed by atoms with van der Waals surface area (Å²) in [5.74, 6) is -2.29. The lowest BCUT2D eigenvalue weighted by Gasteiger charge is -2.37. The molecule has 0 aliphatic carbocycles. The van der Waals surface area contributed by atoms with E-state index in [-0.39, 0.29) is 22.9 Å². The maximum Gasteiger partial charge on any atom is 0.341 e. The molecule has 4 heterocycles. The second-order valence-corrected chi connectivity index (χ2v) is 9.52. The zero-order valence-corrected chi connectivity index (χ0v) is 17.9. The zero-order chi connectivity index (χ0) is 22.1. The van der Waals surface area contributed by atoms with Gasteiger partial charge in [0.2, 0.25) is 5.43 Å². The van der Waals surface area contributed by atoms with E-state index in [1.165, 1.54) is 17.5 Å². The fourth-order valence-corrected chi connectivity index (χ4v) is 4.90. The van der Waals surface area contributed by atoms with Crippen LogP contribution < -0.4 is 5.43 Å². The minimum atomic E-state index is -1.45. The summed E-state index contributed by atoms with van der Waals surface area (Å²) in [5, 5.41) is 12.2. The number of carboxylic acid groups (broad SMARTS) is 1. The summed E-state index contributed by atoms with van der Waals surface area (Å²) in [6.45, 7) is 6.02. The minimum absolute atomic E-state index is 0.00315. The van der Waals surface area contributed by atoms with Gasteiger partial charge in [0.25, 0.3) is 0 Å². The van der Waals surface area contributed by atoms with Crippen molar-refractivity contribution >= 4 is 28.3 Å². The van der Waals surface area contributed by atoms with E-state index in [1.54, 1.807) is 10.1 Å². The third-order valence-electron chi connectivity index (χ3n) is 5.88. The van der Waals surface area contributed by atoms with E-state index in [0.717, 1.165) is 22.2 Å². The molecule has 1 aliphatic rings. The second kappa shape index (κ2) is 6.62. The summed E-state index contributed by atoms with van der Waals surface area (Å²) in [7, 11) is 0. The number of halogens is 1. The topological polar surface area (TPSA) is 85.3 Å². The van der Waals surface area contributed by atoms with E-state index in [0.29, 0.717) is 12.0 Å². The van der Waals surface area contributed by atoms with Crippen LogP contribution in [0.15, 0.2) is 44.5 Å². The maximum absolute atomic E-state index is 15.4. The molecule has 3 aromatic heterocycles. The van der Waals surface area contributed by atoms with Crippen LogP contribution in [0.25, 0.3) is 33.7 Å². The van der Waals surface area contributed by atoms with Crippen LogP contribution in [0.5, 0.6) is 0 Å². The number of pyridine rings is 1. The molecule has 158 valence electrons. The Hall–Kier alpha value is -3.26. The summed E-state index contributed by atoms with van der Waals surface area (Å²) >= 11 is 1.47. The number of nitrogens with zero attached hydrogens (tertiary/aromatic N) is 2. The second-order valence-electron chi connectivity index (χ2n) is 8.80. The number of rotatable bonds is 2.